The van der Waals surface area contributed by atoms with E-state index in [1.807, 2.05) is 19.1 Å². The van der Waals surface area contributed by atoms with Gasteiger partial charge < -0.3 is 10.6 Å². The second-order valence-electron chi connectivity index (χ2n) is 5.81. The molecule has 2 N–H and O–H groups in total. The fourth-order valence-corrected chi connectivity index (χ4v) is 2.61. The van der Waals surface area contributed by atoms with Gasteiger partial charge in [-0.2, -0.15) is 0 Å². The van der Waals surface area contributed by atoms with Gasteiger partial charge in [0.2, 0.25) is 5.91 Å². The van der Waals surface area contributed by atoms with Gasteiger partial charge in [0.25, 0.3) is 0 Å². The van der Waals surface area contributed by atoms with Crippen molar-refractivity contribution < 1.29 is 4.79 Å². The van der Waals surface area contributed by atoms with Crippen LogP contribution < -0.4 is 10.6 Å². The standard InChI is InChI=1S/C19H20N2O/c1-13-6-8-15(9-7-13)10-11-16-4-3-5-17-19(16)20-14(2)12-18(22)21-17/h3-11,14,20H,12H2,1-2H3,(H,21,22)/b11-10+/t14-/m1/s1. The molecule has 1 amide bonds. The first kappa shape index (κ1) is 14.4. The summed E-state index contributed by atoms with van der Waals surface area (Å²) in [6.07, 6.45) is 4.66. The van der Waals surface area contributed by atoms with E-state index >= 15 is 0 Å². The smallest absolute Gasteiger partial charge is 0.226 e. The number of carbonyl (C=O) groups is 1. The highest BCUT2D eigenvalue weighted by Gasteiger charge is 2.18. The molecule has 3 rings (SSSR count). The molecular formula is C19H20N2O. The van der Waals surface area contributed by atoms with E-state index in [2.05, 4.69) is 60.0 Å². The molecule has 3 heteroatoms. The summed E-state index contributed by atoms with van der Waals surface area (Å²) in [7, 11) is 0. The van der Waals surface area contributed by atoms with Crippen LogP contribution in [0, 0.1) is 6.92 Å². The Morgan fingerprint density at radius 2 is 1.86 bits per heavy atom. The lowest BCUT2D eigenvalue weighted by molar-refractivity contribution is -0.116. The molecule has 112 valence electrons. The van der Waals surface area contributed by atoms with Crippen molar-refractivity contribution in [3.05, 3.63) is 59.2 Å². The predicted molar refractivity (Wildman–Crippen MR) is 92.9 cm³/mol. The van der Waals surface area contributed by atoms with Crippen molar-refractivity contribution in [3.8, 4) is 0 Å². The minimum absolute atomic E-state index is 0.0541. The van der Waals surface area contributed by atoms with Crippen molar-refractivity contribution in [2.45, 2.75) is 26.3 Å². The quantitative estimate of drug-likeness (QED) is 0.810. The zero-order valence-corrected chi connectivity index (χ0v) is 12.9. The maximum absolute atomic E-state index is 11.8. The molecule has 3 nitrogen and oxygen atoms in total. The van der Waals surface area contributed by atoms with Gasteiger partial charge in [-0.3, -0.25) is 4.79 Å². The minimum atomic E-state index is 0.0541. The van der Waals surface area contributed by atoms with E-state index in [1.54, 1.807) is 0 Å². The number of para-hydroxylation sites is 1. The van der Waals surface area contributed by atoms with Crippen LogP contribution in [0.1, 0.15) is 30.0 Å². The van der Waals surface area contributed by atoms with E-state index in [1.165, 1.54) is 5.56 Å². The highest BCUT2D eigenvalue weighted by molar-refractivity contribution is 5.98. The highest BCUT2D eigenvalue weighted by atomic mass is 16.1. The average molecular weight is 292 g/mol. The molecule has 0 aliphatic carbocycles. The number of aryl methyl sites for hydroxylation is 1. The highest BCUT2D eigenvalue weighted by Crippen LogP contribution is 2.31. The largest absolute Gasteiger partial charge is 0.380 e. The lowest BCUT2D eigenvalue weighted by Gasteiger charge is -2.14. The van der Waals surface area contributed by atoms with E-state index < -0.39 is 0 Å². The monoisotopic (exact) mass is 292 g/mol. The van der Waals surface area contributed by atoms with Crippen molar-refractivity contribution in [1.82, 2.24) is 0 Å². The van der Waals surface area contributed by atoms with Crippen molar-refractivity contribution in [1.29, 1.82) is 0 Å². The van der Waals surface area contributed by atoms with Crippen molar-refractivity contribution in [3.63, 3.8) is 0 Å². The van der Waals surface area contributed by atoms with Gasteiger partial charge in [-0.1, -0.05) is 54.1 Å². The molecule has 0 radical (unpaired) electrons. The second-order valence-corrected chi connectivity index (χ2v) is 5.81. The number of hydrogen-bond acceptors (Lipinski definition) is 2. The number of rotatable bonds is 2. The van der Waals surface area contributed by atoms with Crippen LogP contribution in [-0.2, 0) is 4.79 Å². The Hall–Kier alpha value is -2.55. The summed E-state index contributed by atoms with van der Waals surface area (Å²) in [6, 6.07) is 14.5. The first-order chi connectivity index (χ1) is 10.6. The van der Waals surface area contributed by atoms with Gasteiger partial charge in [-0.15, -0.1) is 0 Å². The van der Waals surface area contributed by atoms with E-state index in [-0.39, 0.29) is 11.9 Å². The molecule has 1 aliphatic rings. The second kappa shape index (κ2) is 6.06. The number of benzene rings is 2. The van der Waals surface area contributed by atoms with Gasteiger partial charge in [0, 0.05) is 12.5 Å². The zero-order valence-electron chi connectivity index (χ0n) is 12.9. The molecule has 0 saturated carbocycles. The third-order valence-electron chi connectivity index (χ3n) is 3.79. The Bertz CT molecular complexity index is 717. The fraction of sp³-hybridized carbons (Fsp3) is 0.211. The lowest BCUT2D eigenvalue weighted by atomic mass is 10.1. The summed E-state index contributed by atoms with van der Waals surface area (Å²) in [5.74, 6) is 0.0541. The molecule has 2 aromatic rings. The van der Waals surface area contributed by atoms with E-state index in [9.17, 15) is 4.79 Å². The van der Waals surface area contributed by atoms with Crippen LogP contribution in [0.4, 0.5) is 11.4 Å². The van der Waals surface area contributed by atoms with Gasteiger partial charge >= 0.3 is 0 Å². The molecule has 0 unspecified atom stereocenters. The lowest BCUT2D eigenvalue weighted by Crippen LogP contribution is -2.19. The Balaban J connectivity index is 1.93. The molecule has 0 bridgehead atoms. The summed E-state index contributed by atoms with van der Waals surface area (Å²) in [5.41, 5.74) is 5.33. The van der Waals surface area contributed by atoms with Crippen LogP contribution in [0.5, 0.6) is 0 Å². The maximum Gasteiger partial charge on any atom is 0.226 e. The number of carbonyl (C=O) groups excluding carboxylic acids is 1. The number of nitrogens with one attached hydrogen (secondary N) is 2. The summed E-state index contributed by atoms with van der Waals surface area (Å²) < 4.78 is 0. The van der Waals surface area contributed by atoms with Gasteiger partial charge in [-0.25, -0.2) is 0 Å². The van der Waals surface area contributed by atoms with E-state index in [4.69, 9.17) is 0 Å². The Morgan fingerprint density at radius 1 is 1.09 bits per heavy atom. The first-order valence-electron chi connectivity index (χ1n) is 7.56. The van der Waals surface area contributed by atoms with Gasteiger partial charge in [0.1, 0.15) is 0 Å². The minimum Gasteiger partial charge on any atom is -0.380 e. The maximum atomic E-state index is 11.8. The molecule has 0 aromatic heterocycles. The van der Waals surface area contributed by atoms with Crippen LogP contribution in [-0.4, -0.2) is 11.9 Å². The van der Waals surface area contributed by atoms with Crippen LogP contribution >= 0.6 is 0 Å². The summed E-state index contributed by atoms with van der Waals surface area (Å²) >= 11 is 0. The Morgan fingerprint density at radius 3 is 2.64 bits per heavy atom. The molecule has 0 fully saturated rings. The third kappa shape index (κ3) is 3.19. The molecule has 22 heavy (non-hydrogen) atoms. The number of amides is 1. The molecule has 1 heterocycles. The molecule has 0 saturated heterocycles. The van der Waals surface area contributed by atoms with Crippen molar-refractivity contribution >= 4 is 29.4 Å². The molecule has 1 atom stereocenters. The number of hydrogen-bond donors (Lipinski definition) is 2. The average Bonchev–Trinajstić information content (AvgIpc) is 2.63. The topological polar surface area (TPSA) is 41.1 Å². The van der Waals surface area contributed by atoms with E-state index in [0.29, 0.717) is 6.42 Å². The van der Waals surface area contributed by atoms with Crippen LogP contribution in [0.2, 0.25) is 0 Å². The fourth-order valence-electron chi connectivity index (χ4n) is 2.61. The van der Waals surface area contributed by atoms with Crippen LogP contribution in [0.25, 0.3) is 12.2 Å². The molecule has 2 aromatic carbocycles. The molecule has 1 aliphatic heterocycles. The zero-order chi connectivity index (χ0) is 15.5. The first-order valence-corrected chi connectivity index (χ1v) is 7.56. The van der Waals surface area contributed by atoms with Crippen molar-refractivity contribution in [2.75, 3.05) is 10.6 Å². The van der Waals surface area contributed by atoms with E-state index in [0.717, 1.165) is 22.5 Å². The normalized spacial score (nSPS) is 17.5. The Kier molecular flexibility index (Phi) is 3.96. The summed E-state index contributed by atoms with van der Waals surface area (Å²) in [4.78, 5) is 11.8. The summed E-state index contributed by atoms with van der Waals surface area (Å²) in [6.45, 7) is 4.10. The summed E-state index contributed by atoms with van der Waals surface area (Å²) in [5, 5.41) is 6.40. The van der Waals surface area contributed by atoms with Gasteiger partial charge in [0.05, 0.1) is 11.4 Å². The Labute approximate surface area is 131 Å². The van der Waals surface area contributed by atoms with Crippen LogP contribution in [0.15, 0.2) is 42.5 Å². The predicted octanol–water partition coefficient (Wildman–Crippen LogP) is 4.31. The number of fused-ring (bicyclic) bond motifs is 1. The SMILES string of the molecule is Cc1ccc(/C=C/c2cccc3c2N[C@H](C)CC(=O)N3)cc1. The third-order valence-corrected chi connectivity index (χ3v) is 3.79. The molecule has 0 spiro atoms. The molecular weight excluding hydrogens is 272 g/mol. The van der Waals surface area contributed by atoms with Gasteiger partial charge in [-0.05, 0) is 31.0 Å². The van der Waals surface area contributed by atoms with Crippen LogP contribution in [0.3, 0.4) is 0 Å². The van der Waals surface area contributed by atoms with Crippen molar-refractivity contribution in [2.24, 2.45) is 0 Å². The number of anilines is 2. The van der Waals surface area contributed by atoms with Gasteiger partial charge in [0.15, 0.2) is 0 Å².